The minimum Gasteiger partial charge on any atom is -0.493 e. The molecule has 2 aromatic rings. The number of ether oxygens (including phenoxy) is 2. The van der Waals surface area contributed by atoms with Gasteiger partial charge in [0.2, 0.25) is 5.82 Å². The lowest BCUT2D eigenvalue weighted by molar-refractivity contribution is 0.219. The number of anilines is 1. The van der Waals surface area contributed by atoms with Crippen molar-refractivity contribution < 1.29 is 9.47 Å². The molecule has 2 saturated heterocycles. The van der Waals surface area contributed by atoms with Crippen molar-refractivity contribution in [2.45, 2.75) is 51.5 Å². The molecule has 2 fully saturated rings. The lowest BCUT2D eigenvalue weighted by atomic mass is 10.0. The van der Waals surface area contributed by atoms with Crippen molar-refractivity contribution in [2.75, 3.05) is 58.3 Å². The van der Waals surface area contributed by atoms with E-state index < -0.39 is 0 Å². The molecule has 1 aromatic carbocycles. The van der Waals surface area contributed by atoms with Gasteiger partial charge in [-0.15, -0.1) is 0 Å². The fourth-order valence-electron chi connectivity index (χ4n) is 4.86. The Kier molecular flexibility index (Phi) is 8.19. The van der Waals surface area contributed by atoms with E-state index in [9.17, 15) is 5.26 Å². The van der Waals surface area contributed by atoms with Crippen LogP contribution in [-0.2, 0) is 0 Å². The minimum atomic E-state index is 0.165. The Morgan fingerprint density at radius 1 is 1.06 bits per heavy atom. The largest absolute Gasteiger partial charge is 0.493 e. The summed E-state index contributed by atoms with van der Waals surface area (Å²) < 4.78 is 11.7. The topological polar surface area (TPSA) is 86.5 Å². The van der Waals surface area contributed by atoms with Gasteiger partial charge < -0.3 is 24.6 Å². The zero-order chi connectivity index (χ0) is 23.0. The third kappa shape index (κ3) is 6.04. The molecule has 2 aliphatic rings. The maximum absolute atomic E-state index is 9.50. The Labute approximate surface area is 196 Å². The Morgan fingerprint density at radius 3 is 2.52 bits per heavy atom. The van der Waals surface area contributed by atoms with Crippen LogP contribution < -0.4 is 14.8 Å². The second-order valence-corrected chi connectivity index (χ2v) is 9.04. The molecule has 0 bridgehead atoms. The van der Waals surface area contributed by atoms with Crippen molar-refractivity contribution in [1.29, 1.82) is 5.26 Å². The number of nitrogens with one attached hydrogen (secondary N) is 1. The molecule has 8 heteroatoms. The highest BCUT2D eigenvalue weighted by Crippen LogP contribution is 2.35. The predicted octanol–water partition coefficient (Wildman–Crippen LogP) is 3.66. The Balaban J connectivity index is 1.48. The summed E-state index contributed by atoms with van der Waals surface area (Å²) in [6, 6.07) is 6.24. The van der Waals surface area contributed by atoms with Crippen LogP contribution in [-0.4, -0.2) is 78.8 Å². The fraction of sp³-hybridized carbons (Fsp3) is 0.640. The quantitative estimate of drug-likeness (QED) is 0.547. The molecule has 0 unspecified atom stereocenters. The first-order valence-corrected chi connectivity index (χ1v) is 12.3. The fourth-order valence-corrected chi connectivity index (χ4v) is 4.86. The van der Waals surface area contributed by atoms with E-state index in [1.54, 1.807) is 7.11 Å². The number of aromatic nitrogens is 2. The molecule has 33 heavy (non-hydrogen) atoms. The van der Waals surface area contributed by atoms with Crippen LogP contribution >= 0.6 is 0 Å². The molecule has 0 radical (unpaired) electrons. The van der Waals surface area contributed by atoms with Crippen molar-refractivity contribution in [3.63, 3.8) is 0 Å². The van der Waals surface area contributed by atoms with E-state index in [1.807, 2.05) is 12.1 Å². The van der Waals surface area contributed by atoms with Gasteiger partial charge in [0.15, 0.2) is 11.5 Å². The number of rotatable bonds is 10. The van der Waals surface area contributed by atoms with Gasteiger partial charge in [-0.05, 0) is 64.2 Å². The molecule has 0 saturated carbocycles. The number of nitrogens with zero attached hydrogens (tertiary/aromatic N) is 5. The second kappa shape index (κ2) is 11.5. The third-order valence-electron chi connectivity index (χ3n) is 6.62. The highest BCUT2D eigenvalue weighted by Gasteiger charge is 2.21. The summed E-state index contributed by atoms with van der Waals surface area (Å²) in [5.74, 6) is 2.19. The molecule has 0 spiro atoms. The minimum absolute atomic E-state index is 0.165. The van der Waals surface area contributed by atoms with Crippen LogP contribution in [0.3, 0.4) is 0 Å². The smallest absolute Gasteiger partial charge is 0.234 e. The van der Waals surface area contributed by atoms with Crippen molar-refractivity contribution in [3.8, 4) is 17.6 Å². The zero-order valence-corrected chi connectivity index (χ0v) is 20.0. The molecule has 1 aromatic heterocycles. The number of piperidine rings is 1. The van der Waals surface area contributed by atoms with Gasteiger partial charge in [-0.3, -0.25) is 0 Å². The molecule has 1 N–H and O–H groups in total. The number of fused-ring (bicyclic) bond motifs is 1. The molecular formula is C25H36N6O2. The van der Waals surface area contributed by atoms with E-state index in [-0.39, 0.29) is 5.82 Å². The molecule has 2 aliphatic heterocycles. The second-order valence-electron chi connectivity index (χ2n) is 9.04. The predicted molar refractivity (Wildman–Crippen MR) is 130 cm³/mol. The van der Waals surface area contributed by atoms with Crippen molar-refractivity contribution in [3.05, 3.63) is 18.0 Å². The zero-order valence-electron chi connectivity index (χ0n) is 20.0. The summed E-state index contributed by atoms with van der Waals surface area (Å²) in [5, 5.41) is 13.9. The molecule has 0 amide bonds. The average Bonchev–Trinajstić information content (AvgIpc) is 3.36. The molecule has 8 nitrogen and oxygen atoms in total. The molecule has 178 valence electrons. The lowest BCUT2D eigenvalue weighted by Crippen LogP contribution is -2.39. The van der Waals surface area contributed by atoms with E-state index >= 15 is 0 Å². The van der Waals surface area contributed by atoms with Gasteiger partial charge in [0, 0.05) is 37.1 Å². The number of hydrogen-bond acceptors (Lipinski definition) is 8. The summed E-state index contributed by atoms with van der Waals surface area (Å²) in [7, 11) is 1.65. The van der Waals surface area contributed by atoms with Gasteiger partial charge in [0.25, 0.3) is 0 Å². The van der Waals surface area contributed by atoms with Crippen molar-refractivity contribution >= 4 is 16.7 Å². The normalized spacial score (nSPS) is 17.8. The van der Waals surface area contributed by atoms with Crippen LogP contribution in [0.25, 0.3) is 10.9 Å². The summed E-state index contributed by atoms with van der Waals surface area (Å²) in [4.78, 5) is 13.9. The van der Waals surface area contributed by atoms with E-state index in [2.05, 4.69) is 38.1 Å². The molecule has 3 heterocycles. The number of methoxy groups -OCH3 is 1. The highest BCUT2D eigenvalue weighted by molar-refractivity contribution is 5.92. The van der Waals surface area contributed by atoms with Gasteiger partial charge >= 0.3 is 0 Å². The van der Waals surface area contributed by atoms with Crippen molar-refractivity contribution in [1.82, 2.24) is 19.8 Å². The van der Waals surface area contributed by atoms with Crippen LogP contribution in [0.1, 0.15) is 51.3 Å². The van der Waals surface area contributed by atoms with Gasteiger partial charge in [0.05, 0.1) is 19.2 Å². The number of likely N-dealkylation sites (tertiary alicyclic amines) is 2. The van der Waals surface area contributed by atoms with Gasteiger partial charge in [-0.1, -0.05) is 6.92 Å². The number of nitriles is 1. The van der Waals surface area contributed by atoms with Crippen LogP contribution in [0.15, 0.2) is 12.1 Å². The maximum atomic E-state index is 9.50. The SMILES string of the molecule is CCCN1CCC(Nc2nc(C#N)nc3cc(OCCCN4CCCC4)c(OC)cc23)CC1. The monoisotopic (exact) mass is 452 g/mol. The summed E-state index contributed by atoms with van der Waals surface area (Å²) in [6.45, 7) is 9.61. The van der Waals surface area contributed by atoms with Gasteiger partial charge in [-0.25, -0.2) is 9.97 Å². The van der Waals surface area contributed by atoms with E-state index in [0.717, 1.165) is 50.8 Å². The van der Waals surface area contributed by atoms with E-state index in [0.29, 0.717) is 35.5 Å². The average molecular weight is 453 g/mol. The van der Waals surface area contributed by atoms with Gasteiger partial charge in [-0.2, -0.15) is 5.26 Å². The van der Waals surface area contributed by atoms with E-state index in [1.165, 1.54) is 32.4 Å². The molecule has 4 rings (SSSR count). The number of benzene rings is 1. The van der Waals surface area contributed by atoms with Crippen LogP contribution in [0, 0.1) is 11.3 Å². The molecular weight excluding hydrogens is 416 g/mol. The standard InChI is InChI=1S/C25H36N6O2/c1-3-9-30-13-7-19(8-14-30)27-25-20-16-22(32-2)23(17-21(20)28-24(18-26)29-25)33-15-6-12-31-10-4-5-11-31/h16-17,19H,3-15H2,1-2H3,(H,27,28,29). The first kappa shape index (κ1) is 23.5. The third-order valence-corrected chi connectivity index (χ3v) is 6.62. The van der Waals surface area contributed by atoms with Crippen LogP contribution in [0.4, 0.5) is 5.82 Å². The maximum Gasteiger partial charge on any atom is 0.234 e. The summed E-state index contributed by atoms with van der Waals surface area (Å²) in [5.41, 5.74) is 0.697. The van der Waals surface area contributed by atoms with Crippen LogP contribution in [0.5, 0.6) is 11.5 Å². The number of hydrogen-bond donors (Lipinski definition) is 1. The summed E-state index contributed by atoms with van der Waals surface area (Å²) in [6.07, 6.45) is 6.87. The first-order chi connectivity index (χ1) is 16.2. The highest BCUT2D eigenvalue weighted by atomic mass is 16.5. The lowest BCUT2D eigenvalue weighted by Gasteiger charge is -2.32. The Bertz CT molecular complexity index is 962. The Morgan fingerprint density at radius 2 is 1.82 bits per heavy atom. The summed E-state index contributed by atoms with van der Waals surface area (Å²) >= 11 is 0. The molecule has 0 atom stereocenters. The van der Waals surface area contributed by atoms with Crippen LogP contribution in [0.2, 0.25) is 0 Å². The van der Waals surface area contributed by atoms with Gasteiger partial charge in [0.1, 0.15) is 11.9 Å². The van der Waals surface area contributed by atoms with E-state index in [4.69, 9.17) is 9.47 Å². The molecule has 0 aliphatic carbocycles. The van der Waals surface area contributed by atoms with Crippen molar-refractivity contribution in [2.24, 2.45) is 0 Å². The Hall–Kier alpha value is -2.63. The first-order valence-electron chi connectivity index (χ1n) is 12.3.